The maximum absolute atomic E-state index is 12.5. The van der Waals surface area contributed by atoms with Gasteiger partial charge in [-0.3, -0.25) is 14.5 Å². The molecule has 134 valence electrons. The number of nitrogens with zero attached hydrogens (tertiary/aromatic N) is 1. The van der Waals surface area contributed by atoms with Crippen molar-refractivity contribution in [2.75, 3.05) is 18.4 Å². The van der Waals surface area contributed by atoms with Crippen molar-refractivity contribution in [2.24, 2.45) is 5.73 Å². The number of nitrogens with one attached hydrogen (secondary N) is 1. The van der Waals surface area contributed by atoms with Crippen LogP contribution < -0.4 is 11.1 Å². The van der Waals surface area contributed by atoms with E-state index in [1.165, 1.54) is 11.1 Å². The predicted octanol–water partition coefficient (Wildman–Crippen LogP) is 2.90. The van der Waals surface area contributed by atoms with Gasteiger partial charge in [-0.05, 0) is 48.7 Å². The molecule has 2 aromatic carbocycles. The van der Waals surface area contributed by atoms with E-state index in [4.69, 9.17) is 5.73 Å². The van der Waals surface area contributed by atoms with Gasteiger partial charge in [0.25, 0.3) is 0 Å². The van der Waals surface area contributed by atoms with Crippen molar-refractivity contribution in [3.8, 4) is 0 Å². The van der Waals surface area contributed by atoms with Gasteiger partial charge < -0.3 is 11.1 Å². The molecule has 0 aromatic heterocycles. The number of nitrogens with two attached hydrogens (primary N) is 1. The lowest BCUT2D eigenvalue weighted by Crippen LogP contribution is -2.44. The van der Waals surface area contributed by atoms with Crippen LogP contribution in [0, 0.1) is 0 Å². The molecule has 0 unspecified atom stereocenters. The van der Waals surface area contributed by atoms with Crippen LogP contribution in [0.15, 0.2) is 60.7 Å². The van der Waals surface area contributed by atoms with E-state index >= 15 is 0 Å². The van der Waals surface area contributed by atoms with Crippen molar-refractivity contribution < 1.29 is 9.59 Å². The minimum absolute atomic E-state index is 0.0617. The predicted molar refractivity (Wildman–Crippen MR) is 104 cm³/mol. The minimum atomic E-state index is -0.481. The Labute approximate surface area is 153 Å². The van der Waals surface area contributed by atoms with E-state index in [0.29, 0.717) is 11.3 Å². The summed E-state index contributed by atoms with van der Waals surface area (Å²) in [7, 11) is 0. The summed E-state index contributed by atoms with van der Waals surface area (Å²) in [6.45, 7) is 3.50. The third-order valence-corrected chi connectivity index (χ3v) is 4.75. The van der Waals surface area contributed by atoms with Crippen molar-refractivity contribution in [1.82, 2.24) is 4.90 Å². The lowest BCUT2D eigenvalue weighted by molar-refractivity contribution is -0.120. The largest absolute Gasteiger partial charge is 0.366 e. The van der Waals surface area contributed by atoms with Gasteiger partial charge in [0.2, 0.25) is 11.8 Å². The van der Waals surface area contributed by atoms with Crippen LogP contribution in [0.4, 0.5) is 5.69 Å². The van der Waals surface area contributed by atoms with Crippen LogP contribution in [-0.2, 0) is 4.79 Å². The highest BCUT2D eigenvalue weighted by Gasteiger charge is 2.23. The Balaban J connectivity index is 1.59. The molecule has 3 rings (SSSR count). The molecule has 0 saturated carbocycles. The molecule has 0 saturated heterocycles. The van der Waals surface area contributed by atoms with E-state index in [9.17, 15) is 9.59 Å². The summed E-state index contributed by atoms with van der Waals surface area (Å²) >= 11 is 0. The first-order valence-corrected chi connectivity index (χ1v) is 8.74. The molecule has 0 spiro atoms. The Hall–Kier alpha value is -2.92. The fraction of sp³-hybridized carbons (Fsp3) is 0.238. The number of primary amides is 1. The zero-order chi connectivity index (χ0) is 18.5. The first-order chi connectivity index (χ1) is 12.5. The van der Waals surface area contributed by atoms with Crippen LogP contribution in [0.2, 0.25) is 0 Å². The molecule has 5 heteroatoms. The first-order valence-electron chi connectivity index (χ1n) is 8.74. The second-order valence-corrected chi connectivity index (χ2v) is 6.45. The second kappa shape index (κ2) is 7.97. The number of amides is 2. The van der Waals surface area contributed by atoms with Gasteiger partial charge >= 0.3 is 0 Å². The highest BCUT2D eigenvalue weighted by Crippen LogP contribution is 2.23. The molecule has 26 heavy (non-hydrogen) atoms. The molecule has 3 N–H and O–H groups in total. The number of anilines is 1. The number of carbonyl (C=O) groups is 2. The highest BCUT2D eigenvalue weighted by atomic mass is 16.2. The summed E-state index contributed by atoms with van der Waals surface area (Å²) < 4.78 is 0. The van der Waals surface area contributed by atoms with Crippen LogP contribution in [0.1, 0.15) is 29.3 Å². The van der Waals surface area contributed by atoms with E-state index in [-0.39, 0.29) is 11.9 Å². The molecule has 2 amide bonds. The molecule has 1 aliphatic heterocycles. The van der Waals surface area contributed by atoms with Gasteiger partial charge in [0.15, 0.2) is 0 Å². The Morgan fingerprint density at radius 2 is 1.77 bits per heavy atom. The van der Waals surface area contributed by atoms with E-state index in [1.807, 2.05) is 25.1 Å². The average molecular weight is 349 g/mol. The molecule has 1 aliphatic rings. The third-order valence-electron chi connectivity index (χ3n) is 4.75. The van der Waals surface area contributed by atoms with Crippen LogP contribution in [0.5, 0.6) is 0 Å². The maximum atomic E-state index is 12.5. The van der Waals surface area contributed by atoms with Crippen molar-refractivity contribution in [1.29, 1.82) is 0 Å². The van der Waals surface area contributed by atoms with Crippen molar-refractivity contribution in [3.05, 3.63) is 71.8 Å². The summed E-state index contributed by atoms with van der Waals surface area (Å²) in [5, 5.41) is 2.89. The molecular weight excluding hydrogens is 326 g/mol. The second-order valence-electron chi connectivity index (χ2n) is 6.45. The molecule has 0 fully saturated rings. The Morgan fingerprint density at radius 3 is 2.35 bits per heavy atom. The van der Waals surface area contributed by atoms with E-state index in [2.05, 4.69) is 28.4 Å². The SMILES string of the molecule is C[C@H](C(=O)Nc1ccc(C(N)=O)cc1)N1CC=C(c2ccccc2)CC1. The summed E-state index contributed by atoms with van der Waals surface area (Å²) in [4.78, 5) is 25.8. The highest BCUT2D eigenvalue weighted by molar-refractivity contribution is 5.96. The van der Waals surface area contributed by atoms with E-state index in [0.717, 1.165) is 19.5 Å². The van der Waals surface area contributed by atoms with Gasteiger partial charge in [-0.25, -0.2) is 0 Å². The van der Waals surface area contributed by atoms with Crippen LogP contribution >= 0.6 is 0 Å². The molecule has 1 atom stereocenters. The zero-order valence-corrected chi connectivity index (χ0v) is 14.8. The molecule has 2 aromatic rings. The monoisotopic (exact) mass is 349 g/mol. The summed E-state index contributed by atoms with van der Waals surface area (Å²) in [5.74, 6) is -0.543. The van der Waals surface area contributed by atoms with Crippen LogP contribution in [-0.4, -0.2) is 35.8 Å². The first kappa shape index (κ1) is 17.9. The smallest absolute Gasteiger partial charge is 0.248 e. The van der Waals surface area contributed by atoms with E-state index in [1.54, 1.807) is 24.3 Å². The quantitative estimate of drug-likeness (QED) is 0.871. The average Bonchev–Trinajstić information content (AvgIpc) is 2.68. The van der Waals surface area contributed by atoms with Gasteiger partial charge in [0.05, 0.1) is 6.04 Å². The van der Waals surface area contributed by atoms with Gasteiger partial charge in [-0.1, -0.05) is 36.4 Å². The number of hydrogen-bond acceptors (Lipinski definition) is 3. The topological polar surface area (TPSA) is 75.4 Å². The number of carbonyl (C=O) groups excluding carboxylic acids is 2. The Bertz CT molecular complexity index is 813. The number of hydrogen-bond donors (Lipinski definition) is 2. The maximum Gasteiger partial charge on any atom is 0.248 e. The van der Waals surface area contributed by atoms with Gasteiger partial charge in [0, 0.05) is 24.3 Å². The third kappa shape index (κ3) is 4.18. The van der Waals surface area contributed by atoms with E-state index < -0.39 is 5.91 Å². The Morgan fingerprint density at radius 1 is 1.08 bits per heavy atom. The molecule has 0 aliphatic carbocycles. The van der Waals surface area contributed by atoms with Crippen LogP contribution in [0.3, 0.4) is 0 Å². The molecule has 0 bridgehead atoms. The standard InChI is InChI=1S/C21H23N3O2/c1-15(21(26)23-19-9-7-18(8-10-19)20(22)25)24-13-11-17(12-14-24)16-5-3-2-4-6-16/h2-11,15H,12-14H2,1H3,(H2,22,25)(H,23,26)/t15-/m1/s1. The van der Waals surface area contributed by atoms with Gasteiger partial charge in [0.1, 0.15) is 0 Å². The summed E-state index contributed by atoms with van der Waals surface area (Å²) in [5.41, 5.74) is 8.88. The zero-order valence-electron chi connectivity index (χ0n) is 14.8. The van der Waals surface area contributed by atoms with Crippen molar-refractivity contribution >= 4 is 23.1 Å². The molecular formula is C21H23N3O2. The minimum Gasteiger partial charge on any atom is -0.366 e. The van der Waals surface area contributed by atoms with Crippen LogP contribution in [0.25, 0.3) is 5.57 Å². The lowest BCUT2D eigenvalue weighted by Gasteiger charge is -2.31. The van der Waals surface area contributed by atoms with Gasteiger partial charge in [-0.15, -0.1) is 0 Å². The van der Waals surface area contributed by atoms with Gasteiger partial charge in [-0.2, -0.15) is 0 Å². The van der Waals surface area contributed by atoms with Crippen molar-refractivity contribution in [3.63, 3.8) is 0 Å². The lowest BCUT2D eigenvalue weighted by atomic mass is 9.99. The number of rotatable bonds is 5. The molecule has 1 heterocycles. The fourth-order valence-electron chi connectivity index (χ4n) is 3.08. The summed E-state index contributed by atoms with van der Waals surface area (Å²) in [6.07, 6.45) is 3.12. The van der Waals surface area contributed by atoms with Crippen molar-refractivity contribution in [2.45, 2.75) is 19.4 Å². The normalized spacial score (nSPS) is 15.8. The number of benzene rings is 2. The molecule has 5 nitrogen and oxygen atoms in total. The summed E-state index contributed by atoms with van der Waals surface area (Å²) in [6, 6.07) is 16.7. The Kier molecular flexibility index (Phi) is 5.49. The fourth-order valence-corrected chi connectivity index (χ4v) is 3.08. The molecule has 0 radical (unpaired) electrons.